The normalized spacial score (nSPS) is 15.7. The molecule has 4 atom stereocenters. The predicted octanol–water partition coefficient (Wildman–Crippen LogP) is 8.35. The number of Topliss-reactive ketones (excluding diaryl/α,β-unsaturated/α-hetero) is 3. The third-order valence-corrected chi connectivity index (χ3v) is 11.0. The van der Waals surface area contributed by atoms with Crippen LogP contribution in [0.4, 0.5) is 0 Å². The number of unbranched alkanes of at least 4 members (excludes halogenated alkanes) is 4. The molecule has 0 aliphatic heterocycles. The van der Waals surface area contributed by atoms with Crippen LogP contribution in [0.15, 0.2) is 60.7 Å². The summed E-state index contributed by atoms with van der Waals surface area (Å²) in [6.07, 6.45) is 9.82. The van der Waals surface area contributed by atoms with Crippen LogP contribution in [-0.4, -0.2) is 66.8 Å². The Kier molecular flexibility index (Phi) is 19.5. The van der Waals surface area contributed by atoms with Crippen molar-refractivity contribution in [2.75, 3.05) is 20.6 Å². The second-order valence-corrected chi connectivity index (χ2v) is 17.6. The van der Waals surface area contributed by atoms with Crippen molar-refractivity contribution in [3.8, 4) is 0 Å². The van der Waals surface area contributed by atoms with Crippen molar-refractivity contribution < 1.29 is 24.0 Å². The van der Waals surface area contributed by atoms with Crippen LogP contribution in [0.25, 0.3) is 0 Å². The number of aryl methyl sites for hydroxylation is 1. The number of carbonyl (C=O) groups is 5. The van der Waals surface area contributed by atoms with Crippen molar-refractivity contribution in [3.63, 3.8) is 0 Å². The molecule has 2 N–H and O–H groups in total. The van der Waals surface area contributed by atoms with Gasteiger partial charge in [0.2, 0.25) is 11.8 Å². The van der Waals surface area contributed by atoms with Crippen molar-refractivity contribution >= 4 is 29.2 Å². The molecule has 0 spiro atoms. The molecule has 3 rings (SSSR count). The summed E-state index contributed by atoms with van der Waals surface area (Å²) in [5.74, 6) is -1.61. The van der Waals surface area contributed by atoms with Gasteiger partial charge < -0.3 is 15.5 Å². The van der Waals surface area contributed by atoms with Gasteiger partial charge in [-0.1, -0.05) is 115 Å². The number of amides is 2. The van der Waals surface area contributed by atoms with Crippen LogP contribution in [0, 0.1) is 29.1 Å². The molecule has 0 heterocycles. The minimum absolute atomic E-state index is 0.0690. The van der Waals surface area contributed by atoms with E-state index in [4.69, 9.17) is 0 Å². The van der Waals surface area contributed by atoms with E-state index in [0.29, 0.717) is 38.5 Å². The van der Waals surface area contributed by atoms with Crippen molar-refractivity contribution in [1.82, 2.24) is 15.5 Å². The SMILES string of the molecule is CC(C)CC(NC(=O)[C@H](CCc1ccccc1)CC(=O)CCCCCCCN(C)C)C(=O)C[C@@H](Cc1ccccc1)C(=O)NC(CC(C)C)C(=O)C1(C)CC1. The molecule has 0 saturated heterocycles. The van der Waals surface area contributed by atoms with E-state index < -0.39 is 29.3 Å². The lowest BCUT2D eigenvalue weighted by molar-refractivity contribution is -0.135. The van der Waals surface area contributed by atoms with Crippen molar-refractivity contribution in [1.29, 1.82) is 0 Å². The smallest absolute Gasteiger partial charge is 0.224 e. The van der Waals surface area contributed by atoms with E-state index in [0.717, 1.165) is 62.6 Å². The highest BCUT2D eigenvalue weighted by Crippen LogP contribution is 2.47. The Bertz CT molecular complexity index is 1480. The quantitative estimate of drug-likeness (QED) is 0.0845. The maximum absolute atomic E-state index is 14.3. The first-order valence-electron chi connectivity index (χ1n) is 21.1. The summed E-state index contributed by atoms with van der Waals surface area (Å²) < 4.78 is 0. The van der Waals surface area contributed by atoms with Gasteiger partial charge in [-0.3, -0.25) is 24.0 Å². The molecule has 0 bridgehead atoms. The zero-order chi connectivity index (χ0) is 40.4. The van der Waals surface area contributed by atoms with Crippen LogP contribution in [0.3, 0.4) is 0 Å². The molecule has 8 heteroatoms. The minimum atomic E-state index is -0.798. The number of hydrogen-bond donors (Lipinski definition) is 2. The molecule has 1 saturated carbocycles. The molecular weight excluding hydrogens is 687 g/mol. The third-order valence-electron chi connectivity index (χ3n) is 11.0. The molecular formula is C47H71N3O5. The Morgan fingerprint density at radius 2 is 1.20 bits per heavy atom. The second-order valence-electron chi connectivity index (χ2n) is 17.6. The Morgan fingerprint density at radius 1 is 0.673 bits per heavy atom. The first kappa shape index (κ1) is 45.7. The summed E-state index contributed by atoms with van der Waals surface area (Å²) in [5.41, 5.74) is 1.63. The lowest BCUT2D eigenvalue weighted by atomic mass is 9.87. The summed E-state index contributed by atoms with van der Waals surface area (Å²) >= 11 is 0. The van der Waals surface area contributed by atoms with Gasteiger partial charge in [-0.05, 0) is 101 Å². The zero-order valence-corrected chi connectivity index (χ0v) is 35.0. The van der Waals surface area contributed by atoms with Crippen LogP contribution in [0.2, 0.25) is 0 Å². The number of hydrogen-bond acceptors (Lipinski definition) is 6. The average molecular weight is 758 g/mol. The monoisotopic (exact) mass is 758 g/mol. The zero-order valence-electron chi connectivity index (χ0n) is 35.0. The fourth-order valence-electron chi connectivity index (χ4n) is 7.39. The van der Waals surface area contributed by atoms with Crippen molar-refractivity contribution in [2.24, 2.45) is 29.1 Å². The first-order valence-corrected chi connectivity index (χ1v) is 21.1. The molecule has 2 aromatic rings. The molecule has 2 unspecified atom stereocenters. The summed E-state index contributed by atoms with van der Waals surface area (Å²) in [6.45, 7) is 11.1. The van der Waals surface area contributed by atoms with E-state index in [1.165, 1.54) is 0 Å². The van der Waals surface area contributed by atoms with Gasteiger partial charge in [-0.25, -0.2) is 0 Å². The van der Waals surface area contributed by atoms with Crippen LogP contribution in [-0.2, 0) is 36.8 Å². The number of carbonyl (C=O) groups excluding carboxylic acids is 5. The van der Waals surface area contributed by atoms with Crippen LogP contribution in [0.5, 0.6) is 0 Å². The molecule has 1 aliphatic carbocycles. The Labute approximate surface area is 332 Å². The average Bonchev–Trinajstić information content (AvgIpc) is 3.90. The lowest BCUT2D eigenvalue weighted by Crippen LogP contribution is -2.49. The Hall–Kier alpha value is -3.65. The van der Waals surface area contributed by atoms with Gasteiger partial charge in [0, 0.05) is 36.5 Å². The third kappa shape index (κ3) is 17.4. The van der Waals surface area contributed by atoms with Gasteiger partial charge in [-0.15, -0.1) is 0 Å². The summed E-state index contributed by atoms with van der Waals surface area (Å²) in [4.78, 5) is 71.4. The Morgan fingerprint density at radius 3 is 1.78 bits per heavy atom. The van der Waals surface area contributed by atoms with E-state index in [1.54, 1.807) is 0 Å². The van der Waals surface area contributed by atoms with Gasteiger partial charge >= 0.3 is 0 Å². The van der Waals surface area contributed by atoms with Crippen LogP contribution < -0.4 is 10.6 Å². The van der Waals surface area contributed by atoms with Crippen LogP contribution in [0.1, 0.15) is 129 Å². The lowest BCUT2D eigenvalue weighted by Gasteiger charge is -2.27. The fourth-order valence-corrected chi connectivity index (χ4v) is 7.39. The summed E-state index contributed by atoms with van der Waals surface area (Å²) in [5, 5.41) is 6.16. The fraction of sp³-hybridized carbons (Fsp3) is 0.638. The van der Waals surface area contributed by atoms with E-state index >= 15 is 0 Å². The van der Waals surface area contributed by atoms with Gasteiger partial charge in [0.15, 0.2) is 11.6 Å². The van der Waals surface area contributed by atoms with E-state index in [9.17, 15) is 24.0 Å². The topological polar surface area (TPSA) is 113 Å². The highest BCUT2D eigenvalue weighted by molar-refractivity contribution is 5.97. The minimum Gasteiger partial charge on any atom is -0.346 e. The maximum atomic E-state index is 14.3. The van der Waals surface area contributed by atoms with Crippen LogP contribution >= 0.6 is 0 Å². The number of rotatable bonds is 28. The summed E-state index contributed by atoms with van der Waals surface area (Å²) in [7, 11) is 4.16. The highest BCUT2D eigenvalue weighted by Gasteiger charge is 2.48. The molecule has 8 nitrogen and oxygen atoms in total. The van der Waals surface area contributed by atoms with Crippen molar-refractivity contribution in [2.45, 2.75) is 143 Å². The first-order chi connectivity index (χ1) is 26.2. The largest absolute Gasteiger partial charge is 0.346 e. The van der Waals surface area contributed by atoms with Gasteiger partial charge in [0.05, 0.1) is 12.1 Å². The molecule has 0 aromatic heterocycles. The van der Waals surface area contributed by atoms with E-state index in [-0.39, 0.29) is 53.8 Å². The standard InChI is InChI=1S/C47H71N3O5/c1-34(2)29-41(48-45(54)38(25-24-36-19-13-11-14-20-36)32-40(51)23-17-9-8-10-18-28-50(6)7)43(52)33-39(31-37-21-15-12-16-22-37)46(55)49-42(30-35(3)4)44(53)47(5)26-27-47/h11-16,19-22,34-35,38-39,41-42H,8-10,17-18,23-33H2,1-7H3,(H,48,54)(H,49,55)/t38-,39-,41?,42?/m1/s1. The molecule has 0 radical (unpaired) electrons. The molecule has 2 amide bonds. The molecule has 1 fully saturated rings. The molecule has 1 aliphatic rings. The molecule has 2 aromatic carbocycles. The number of ketones is 3. The molecule has 304 valence electrons. The Balaban J connectivity index is 1.75. The summed E-state index contributed by atoms with van der Waals surface area (Å²) in [6, 6.07) is 18.2. The number of nitrogens with one attached hydrogen (secondary N) is 2. The van der Waals surface area contributed by atoms with E-state index in [1.807, 2.05) is 95.3 Å². The highest BCUT2D eigenvalue weighted by atomic mass is 16.2. The van der Waals surface area contributed by atoms with Crippen molar-refractivity contribution in [3.05, 3.63) is 71.8 Å². The number of nitrogens with zero attached hydrogens (tertiary/aromatic N) is 1. The van der Waals surface area contributed by atoms with Gasteiger partial charge in [0.1, 0.15) is 5.78 Å². The predicted molar refractivity (Wildman–Crippen MR) is 223 cm³/mol. The number of benzene rings is 2. The maximum Gasteiger partial charge on any atom is 0.224 e. The van der Waals surface area contributed by atoms with E-state index in [2.05, 4.69) is 29.6 Å². The van der Waals surface area contributed by atoms with Gasteiger partial charge in [0.25, 0.3) is 0 Å². The van der Waals surface area contributed by atoms with Gasteiger partial charge in [-0.2, -0.15) is 0 Å². The second kappa shape index (κ2) is 23.4. The molecule has 55 heavy (non-hydrogen) atoms.